The lowest BCUT2D eigenvalue weighted by atomic mass is 10.2. The molecular weight excluding hydrogens is 298 g/mol. The smallest absolute Gasteiger partial charge is 0.147 e. The van der Waals surface area contributed by atoms with Gasteiger partial charge in [-0.2, -0.15) is 5.26 Å². The SMILES string of the molecule is COc1c(Br)cc(CC#N)cc1Br. The molecular formula is C9H7Br2NO. The van der Waals surface area contributed by atoms with E-state index in [1.807, 2.05) is 12.1 Å². The minimum Gasteiger partial charge on any atom is -0.494 e. The third-order valence-electron chi connectivity index (χ3n) is 1.55. The maximum atomic E-state index is 8.52. The summed E-state index contributed by atoms with van der Waals surface area (Å²) in [5.74, 6) is 0.752. The summed E-state index contributed by atoms with van der Waals surface area (Å²) in [5, 5.41) is 8.52. The maximum Gasteiger partial charge on any atom is 0.147 e. The van der Waals surface area contributed by atoms with Gasteiger partial charge in [-0.3, -0.25) is 0 Å². The highest BCUT2D eigenvalue weighted by atomic mass is 79.9. The normalized spacial score (nSPS) is 9.38. The number of benzene rings is 1. The van der Waals surface area contributed by atoms with Crippen molar-refractivity contribution in [3.8, 4) is 11.8 Å². The van der Waals surface area contributed by atoms with Crippen LogP contribution in [0.2, 0.25) is 0 Å². The van der Waals surface area contributed by atoms with Gasteiger partial charge in [0.15, 0.2) is 0 Å². The van der Waals surface area contributed by atoms with Gasteiger partial charge in [0.05, 0.1) is 28.5 Å². The zero-order valence-corrected chi connectivity index (χ0v) is 10.1. The van der Waals surface area contributed by atoms with E-state index in [1.165, 1.54) is 0 Å². The summed E-state index contributed by atoms with van der Waals surface area (Å²) >= 11 is 6.73. The highest BCUT2D eigenvalue weighted by Crippen LogP contribution is 2.34. The van der Waals surface area contributed by atoms with E-state index in [4.69, 9.17) is 10.00 Å². The van der Waals surface area contributed by atoms with Crippen molar-refractivity contribution in [1.29, 1.82) is 5.26 Å². The molecule has 0 radical (unpaired) electrons. The van der Waals surface area contributed by atoms with Gasteiger partial charge in [-0.05, 0) is 49.6 Å². The predicted octanol–water partition coefficient (Wildman–Crippen LogP) is 3.29. The maximum absolute atomic E-state index is 8.52. The molecule has 0 aliphatic rings. The first-order chi connectivity index (χ1) is 6.19. The molecule has 0 N–H and O–H groups in total. The fourth-order valence-corrected chi connectivity index (χ4v) is 2.61. The molecule has 0 spiro atoms. The Morgan fingerprint density at radius 3 is 2.31 bits per heavy atom. The molecule has 0 bridgehead atoms. The minimum atomic E-state index is 0.404. The summed E-state index contributed by atoms with van der Waals surface area (Å²) in [6.45, 7) is 0. The second-order valence-electron chi connectivity index (χ2n) is 2.43. The first kappa shape index (κ1) is 10.6. The molecule has 1 aromatic carbocycles. The van der Waals surface area contributed by atoms with Crippen LogP contribution in [0.3, 0.4) is 0 Å². The molecule has 68 valence electrons. The fraction of sp³-hybridized carbons (Fsp3) is 0.222. The van der Waals surface area contributed by atoms with Gasteiger partial charge in [0.2, 0.25) is 0 Å². The number of ether oxygens (including phenoxy) is 1. The molecule has 0 aliphatic carbocycles. The second kappa shape index (κ2) is 4.64. The van der Waals surface area contributed by atoms with Gasteiger partial charge in [0, 0.05) is 0 Å². The number of rotatable bonds is 2. The van der Waals surface area contributed by atoms with Gasteiger partial charge in [-0.15, -0.1) is 0 Å². The van der Waals surface area contributed by atoms with Crippen molar-refractivity contribution in [2.24, 2.45) is 0 Å². The molecule has 1 rings (SSSR count). The van der Waals surface area contributed by atoms with E-state index in [1.54, 1.807) is 7.11 Å². The highest BCUT2D eigenvalue weighted by molar-refractivity contribution is 9.11. The zero-order chi connectivity index (χ0) is 9.84. The number of hydrogen-bond acceptors (Lipinski definition) is 2. The van der Waals surface area contributed by atoms with Crippen molar-refractivity contribution in [3.05, 3.63) is 26.6 Å². The molecule has 0 aromatic heterocycles. The van der Waals surface area contributed by atoms with E-state index >= 15 is 0 Å². The Morgan fingerprint density at radius 1 is 1.38 bits per heavy atom. The summed E-state index contributed by atoms with van der Waals surface area (Å²) in [7, 11) is 1.61. The van der Waals surface area contributed by atoms with Crippen LogP contribution in [0.4, 0.5) is 0 Å². The van der Waals surface area contributed by atoms with Crippen LogP contribution in [0.15, 0.2) is 21.1 Å². The molecule has 0 fully saturated rings. The lowest BCUT2D eigenvalue weighted by molar-refractivity contribution is 0.409. The third-order valence-corrected chi connectivity index (χ3v) is 2.72. The van der Waals surface area contributed by atoms with Crippen LogP contribution >= 0.6 is 31.9 Å². The van der Waals surface area contributed by atoms with E-state index in [0.29, 0.717) is 6.42 Å². The lowest BCUT2D eigenvalue weighted by Crippen LogP contribution is -1.89. The van der Waals surface area contributed by atoms with Gasteiger partial charge in [0.1, 0.15) is 5.75 Å². The van der Waals surface area contributed by atoms with Gasteiger partial charge >= 0.3 is 0 Å². The van der Waals surface area contributed by atoms with Crippen LogP contribution in [0.1, 0.15) is 5.56 Å². The summed E-state index contributed by atoms with van der Waals surface area (Å²) < 4.78 is 6.84. The van der Waals surface area contributed by atoms with E-state index < -0.39 is 0 Å². The quantitative estimate of drug-likeness (QED) is 0.840. The Hall–Kier alpha value is -0.530. The van der Waals surface area contributed by atoms with Crippen LogP contribution in [0.5, 0.6) is 5.75 Å². The molecule has 4 heteroatoms. The number of nitriles is 1. The van der Waals surface area contributed by atoms with Gasteiger partial charge in [-0.1, -0.05) is 0 Å². The summed E-state index contributed by atoms with van der Waals surface area (Å²) in [5.41, 5.74) is 0.960. The van der Waals surface area contributed by atoms with Gasteiger partial charge in [-0.25, -0.2) is 0 Å². The second-order valence-corrected chi connectivity index (χ2v) is 4.14. The van der Waals surface area contributed by atoms with Crippen molar-refractivity contribution >= 4 is 31.9 Å². The Labute approximate surface area is 93.8 Å². The Bertz CT molecular complexity index is 334. The number of methoxy groups -OCH3 is 1. The summed E-state index contributed by atoms with van der Waals surface area (Å²) in [6.07, 6.45) is 0.404. The fourth-order valence-electron chi connectivity index (χ4n) is 1.00. The zero-order valence-electron chi connectivity index (χ0n) is 6.97. The predicted molar refractivity (Wildman–Crippen MR) is 57.7 cm³/mol. The summed E-state index contributed by atoms with van der Waals surface area (Å²) in [4.78, 5) is 0. The Kier molecular flexibility index (Phi) is 3.76. The molecule has 0 aliphatic heterocycles. The summed E-state index contributed by atoms with van der Waals surface area (Å²) in [6, 6.07) is 5.86. The first-order valence-corrected chi connectivity index (χ1v) is 5.16. The number of hydrogen-bond donors (Lipinski definition) is 0. The van der Waals surface area contributed by atoms with E-state index in [2.05, 4.69) is 37.9 Å². The molecule has 1 aromatic rings. The monoisotopic (exact) mass is 303 g/mol. The molecule has 2 nitrogen and oxygen atoms in total. The first-order valence-electron chi connectivity index (χ1n) is 3.58. The molecule has 0 atom stereocenters. The van der Waals surface area contributed by atoms with Crippen LogP contribution in [-0.4, -0.2) is 7.11 Å². The van der Waals surface area contributed by atoms with Crippen molar-refractivity contribution in [1.82, 2.24) is 0 Å². The minimum absolute atomic E-state index is 0.404. The highest BCUT2D eigenvalue weighted by Gasteiger charge is 2.06. The van der Waals surface area contributed by atoms with Crippen LogP contribution in [0.25, 0.3) is 0 Å². The topological polar surface area (TPSA) is 33.0 Å². The molecule has 0 saturated heterocycles. The van der Waals surface area contributed by atoms with E-state index in [-0.39, 0.29) is 0 Å². The van der Waals surface area contributed by atoms with Crippen LogP contribution in [-0.2, 0) is 6.42 Å². The number of halogens is 2. The van der Waals surface area contributed by atoms with Crippen LogP contribution < -0.4 is 4.74 Å². The average Bonchev–Trinajstić information content (AvgIpc) is 2.04. The van der Waals surface area contributed by atoms with Crippen molar-refractivity contribution in [3.63, 3.8) is 0 Å². The van der Waals surface area contributed by atoms with E-state index in [9.17, 15) is 0 Å². The van der Waals surface area contributed by atoms with Crippen molar-refractivity contribution < 1.29 is 4.74 Å². The number of nitrogens with zero attached hydrogens (tertiary/aromatic N) is 1. The molecule has 0 amide bonds. The largest absolute Gasteiger partial charge is 0.494 e. The molecule has 13 heavy (non-hydrogen) atoms. The molecule has 0 heterocycles. The molecule has 0 saturated carbocycles. The third kappa shape index (κ3) is 2.45. The van der Waals surface area contributed by atoms with E-state index in [0.717, 1.165) is 20.3 Å². The van der Waals surface area contributed by atoms with Gasteiger partial charge in [0.25, 0.3) is 0 Å². The average molecular weight is 305 g/mol. The van der Waals surface area contributed by atoms with Crippen LogP contribution in [0, 0.1) is 11.3 Å². The Morgan fingerprint density at radius 2 is 1.92 bits per heavy atom. The van der Waals surface area contributed by atoms with Crippen molar-refractivity contribution in [2.75, 3.05) is 7.11 Å². The lowest BCUT2D eigenvalue weighted by Gasteiger charge is -2.07. The molecule has 0 unspecified atom stereocenters. The standard InChI is InChI=1S/C9H7Br2NO/c1-13-9-7(10)4-6(2-3-12)5-8(9)11/h4-5H,2H2,1H3. The van der Waals surface area contributed by atoms with Crippen molar-refractivity contribution in [2.45, 2.75) is 6.42 Å². The van der Waals surface area contributed by atoms with Gasteiger partial charge < -0.3 is 4.74 Å². The Balaban J connectivity index is 3.14.